The molecule has 1 unspecified atom stereocenters. The van der Waals surface area contributed by atoms with E-state index >= 15 is 0 Å². The van der Waals surface area contributed by atoms with E-state index < -0.39 is 11.4 Å². The molecule has 0 fully saturated rings. The predicted octanol–water partition coefficient (Wildman–Crippen LogP) is 2.83. The van der Waals surface area contributed by atoms with E-state index in [0.717, 1.165) is 22.3 Å². The molecule has 2 rings (SSSR count). The molecule has 3 nitrogen and oxygen atoms in total. The fourth-order valence-corrected chi connectivity index (χ4v) is 2.69. The zero-order chi connectivity index (χ0) is 15.5. The van der Waals surface area contributed by atoms with Gasteiger partial charge in [0.05, 0.1) is 0 Å². The molecule has 0 spiro atoms. The Morgan fingerprint density at radius 1 is 1.10 bits per heavy atom. The summed E-state index contributed by atoms with van der Waals surface area (Å²) in [6.07, 6.45) is 0.393. The second-order valence-electron chi connectivity index (χ2n) is 5.63. The number of nitrogens with two attached hydrogens (primary N) is 1. The summed E-state index contributed by atoms with van der Waals surface area (Å²) in [5.74, 6) is -0.878. The molecule has 21 heavy (non-hydrogen) atoms. The summed E-state index contributed by atoms with van der Waals surface area (Å²) >= 11 is 0. The number of carboxylic acid groups (broad SMARTS) is 1. The normalized spacial score (nSPS) is 13.7. The lowest BCUT2D eigenvalue weighted by Gasteiger charge is -2.29. The molecule has 1 atom stereocenters. The molecule has 3 N–H and O–H groups in total. The van der Waals surface area contributed by atoms with Crippen LogP contribution in [0.25, 0.3) is 0 Å². The van der Waals surface area contributed by atoms with E-state index in [-0.39, 0.29) is 6.54 Å². The van der Waals surface area contributed by atoms with Crippen LogP contribution in [0.5, 0.6) is 0 Å². The maximum Gasteiger partial charge on any atom is 0.315 e. The van der Waals surface area contributed by atoms with Gasteiger partial charge in [-0.2, -0.15) is 0 Å². The Labute approximate surface area is 125 Å². The third kappa shape index (κ3) is 3.14. The smallest absolute Gasteiger partial charge is 0.315 e. The van der Waals surface area contributed by atoms with Crippen molar-refractivity contribution < 1.29 is 9.90 Å². The fraction of sp³-hybridized carbons (Fsp3) is 0.278. The van der Waals surface area contributed by atoms with Gasteiger partial charge in [-0.15, -0.1) is 0 Å². The number of carbonyl (C=O) groups is 1. The van der Waals surface area contributed by atoms with Crippen molar-refractivity contribution in [2.24, 2.45) is 5.73 Å². The van der Waals surface area contributed by atoms with Crippen LogP contribution in [0.15, 0.2) is 48.5 Å². The molecule has 0 aliphatic carbocycles. The number of hydrogen-bond acceptors (Lipinski definition) is 2. The third-order valence-electron chi connectivity index (χ3n) is 3.92. The van der Waals surface area contributed by atoms with Gasteiger partial charge in [-0.25, -0.2) is 0 Å². The quantitative estimate of drug-likeness (QED) is 0.887. The molecule has 0 saturated carbocycles. The van der Waals surface area contributed by atoms with Crippen LogP contribution in [0.2, 0.25) is 0 Å². The van der Waals surface area contributed by atoms with E-state index in [4.69, 9.17) is 5.73 Å². The third-order valence-corrected chi connectivity index (χ3v) is 3.92. The van der Waals surface area contributed by atoms with Crippen LogP contribution in [-0.2, 0) is 16.6 Å². The van der Waals surface area contributed by atoms with Crippen molar-refractivity contribution in [2.45, 2.75) is 25.7 Å². The van der Waals surface area contributed by atoms with Crippen LogP contribution in [-0.4, -0.2) is 17.6 Å². The van der Waals surface area contributed by atoms with Gasteiger partial charge in [-0.05, 0) is 31.4 Å². The molecule has 0 aliphatic heterocycles. The number of carboxylic acids is 1. The Balaban J connectivity index is 2.49. The van der Waals surface area contributed by atoms with Crippen molar-refractivity contribution >= 4 is 5.97 Å². The maximum absolute atomic E-state index is 12.0. The van der Waals surface area contributed by atoms with Crippen molar-refractivity contribution in [3.63, 3.8) is 0 Å². The Hall–Kier alpha value is -2.13. The van der Waals surface area contributed by atoms with E-state index in [1.54, 1.807) is 0 Å². The highest BCUT2D eigenvalue weighted by Crippen LogP contribution is 2.29. The van der Waals surface area contributed by atoms with Crippen LogP contribution in [0, 0.1) is 13.8 Å². The highest BCUT2D eigenvalue weighted by molar-refractivity contribution is 5.82. The van der Waals surface area contributed by atoms with Crippen LogP contribution < -0.4 is 5.73 Å². The van der Waals surface area contributed by atoms with E-state index in [1.165, 1.54) is 0 Å². The summed E-state index contributed by atoms with van der Waals surface area (Å²) in [6.45, 7) is 4.03. The largest absolute Gasteiger partial charge is 0.481 e. The minimum atomic E-state index is -1.08. The lowest BCUT2D eigenvalue weighted by molar-refractivity contribution is -0.143. The molecule has 0 radical (unpaired) electrons. The topological polar surface area (TPSA) is 63.3 Å². The number of rotatable bonds is 5. The van der Waals surface area contributed by atoms with Crippen LogP contribution in [0.1, 0.15) is 22.3 Å². The average Bonchev–Trinajstić information content (AvgIpc) is 2.44. The number of aliphatic carboxylic acids is 1. The molecule has 0 saturated heterocycles. The molecule has 0 bridgehead atoms. The number of aryl methyl sites for hydroxylation is 2. The zero-order valence-corrected chi connectivity index (χ0v) is 12.5. The summed E-state index contributed by atoms with van der Waals surface area (Å²) < 4.78 is 0. The molecule has 0 aliphatic rings. The van der Waals surface area contributed by atoms with Gasteiger partial charge in [0.25, 0.3) is 0 Å². The molecular formula is C18H21NO2. The second kappa shape index (κ2) is 6.10. The monoisotopic (exact) mass is 283 g/mol. The first-order chi connectivity index (χ1) is 9.98. The van der Waals surface area contributed by atoms with Gasteiger partial charge in [0.1, 0.15) is 5.41 Å². The SMILES string of the molecule is Cc1cccc(CC(CN)(C(=O)O)c2cccc(C)c2)c1. The summed E-state index contributed by atoms with van der Waals surface area (Å²) in [5, 5.41) is 9.82. The van der Waals surface area contributed by atoms with Crippen LogP contribution >= 0.6 is 0 Å². The summed E-state index contributed by atoms with van der Waals surface area (Å²) in [5.41, 5.74) is 8.72. The number of benzene rings is 2. The van der Waals surface area contributed by atoms with E-state index in [9.17, 15) is 9.90 Å². The van der Waals surface area contributed by atoms with Crippen molar-refractivity contribution in [1.29, 1.82) is 0 Å². The minimum absolute atomic E-state index is 0.0692. The zero-order valence-electron chi connectivity index (χ0n) is 12.5. The lowest BCUT2D eigenvalue weighted by atomic mass is 9.75. The predicted molar refractivity (Wildman–Crippen MR) is 84.4 cm³/mol. The minimum Gasteiger partial charge on any atom is -0.481 e. The first-order valence-corrected chi connectivity index (χ1v) is 7.04. The molecule has 3 heteroatoms. The summed E-state index contributed by atoms with van der Waals surface area (Å²) in [6, 6.07) is 15.5. The average molecular weight is 283 g/mol. The van der Waals surface area contributed by atoms with Gasteiger partial charge in [-0.1, -0.05) is 59.7 Å². The highest BCUT2D eigenvalue weighted by Gasteiger charge is 2.39. The van der Waals surface area contributed by atoms with Crippen LogP contribution in [0.3, 0.4) is 0 Å². The first kappa shape index (κ1) is 15.3. The molecule has 110 valence electrons. The summed E-state index contributed by atoms with van der Waals surface area (Å²) in [4.78, 5) is 12.0. The Kier molecular flexibility index (Phi) is 4.43. The van der Waals surface area contributed by atoms with E-state index in [0.29, 0.717) is 6.42 Å². The van der Waals surface area contributed by atoms with Crippen LogP contribution in [0.4, 0.5) is 0 Å². The maximum atomic E-state index is 12.0. The molecule has 0 heterocycles. The van der Waals surface area contributed by atoms with Crippen molar-refractivity contribution in [2.75, 3.05) is 6.54 Å². The standard InChI is InChI=1S/C18H21NO2/c1-13-5-3-7-15(9-13)11-18(12-19,17(20)21)16-8-4-6-14(2)10-16/h3-10H,11-12,19H2,1-2H3,(H,20,21). The lowest BCUT2D eigenvalue weighted by Crippen LogP contribution is -2.45. The Bertz CT molecular complexity index is 651. The van der Waals surface area contributed by atoms with Gasteiger partial charge < -0.3 is 10.8 Å². The Morgan fingerprint density at radius 2 is 1.71 bits per heavy atom. The molecule has 2 aromatic carbocycles. The van der Waals surface area contributed by atoms with Gasteiger partial charge in [0, 0.05) is 6.54 Å². The van der Waals surface area contributed by atoms with Gasteiger partial charge in [-0.3, -0.25) is 4.79 Å². The van der Waals surface area contributed by atoms with Crippen molar-refractivity contribution in [3.8, 4) is 0 Å². The summed E-state index contributed by atoms with van der Waals surface area (Å²) in [7, 11) is 0. The van der Waals surface area contributed by atoms with Crippen molar-refractivity contribution in [1.82, 2.24) is 0 Å². The molecule has 2 aromatic rings. The van der Waals surface area contributed by atoms with E-state index in [1.807, 2.05) is 62.4 Å². The van der Waals surface area contributed by atoms with Gasteiger partial charge >= 0.3 is 5.97 Å². The Morgan fingerprint density at radius 3 is 2.24 bits per heavy atom. The van der Waals surface area contributed by atoms with E-state index in [2.05, 4.69) is 0 Å². The highest BCUT2D eigenvalue weighted by atomic mass is 16.4. The fourth-order valence-electron chi connectivity index (χ4n) is 2.69. The van der Waals surface area contributed by atoms with Crippen molar-refractivity contribution in [3.05, 3.63) is 70.8 Å². The van der Waals surface area contributed by atoms with Gasteiger partial charge in [0.2, 0.25) is 0 Å². The second-order valence-corrected chi connectivity index (χ2v) is 5.63. The number of hydrogen-bond donors (Lipinski definition) is 2. The molecule has 0 aromatic heterocycles. The van der Waals surface area contributed by atoms with Gasteiger partial charge in [0.15, 0.2) is 0 Å². The first-order valence-electron chi connectivity index (χ1n) is 7.04. The molecule has 0 amide bonds. The molecular weight excluding hydrogens is 262 g/mol.